The summed E-state index contributed by atoms with van der Waals surface area (Å²) in [6.07, 6.45) is 6.70. The summed E-state index contributed by atoms with van der Waals surface area (Å²) in [6.45, 7) is 2.77. The number of aromatic nitrogens is 4. The lowest BCUT2D eigenvalue weighted by Crippen LogP contribution is -2.45. The number of amides is 1. The van der Waals surface area contributed by atoms with Gasteiger partial charge in [-0.1, -0.05) is 41.6 Å². The third-order valence-electron chi connectivity index (χ3n) is 7.59. The molecule has 226 valence electrons. The molecular weight excluding hydrogens is 600 g/mol. The number of rotatable bonds is 8. The molecule has 6 rings (SSSR count). The molecule has 44 heavy (non-hydrogen) atoms. The van der Waals surface area contributed by atoms with E-state index in [1.54, 1.807) is 48.0 Å². The Labute approximate surface area is 263 Å². The molecule has 4 aromatic rings. The molecule has 0 saturated heterocycles. The summed E-state index contributed by atoms with van der Waals surface area (Å²) < 4.78 is 6.89. The molecule has 0 spiro atoms. The maximum Gasteiger partial charge on any atom is 0.267 e. The molecular formula is C31H31ClN8O3S. The molecule has 0 fully saturated rings. The average Bonchev–Trinajstić information content (AvgIpc) is 3.03. The predicted octanol–water partition coefficient (Wildman–Crippen LogP) is 5.46. The first-order chi connectivity index (χ1) is 21.3. The first kappa shape index (κ1) is 29.6. The van der Waals surface area contributed by atoms with Crippen LogP contribution in [0.1, 0.15) is 47.6 Å². The zero-order valence-electron chi connectivity index (χ0n) is 24.7. The highest BCUT2D eigenvalue weighted by Gasteiger charge is 2.34. The van der Waals surface area contributed by atoms with Crippen molar-refractivity contribution in [3.05, 3.63) is 81.0 Å². The highest BCUT2D eigenvalue weighted by atomic mass is 35.5. The van der Waals surface area contributed by atoms with Gasteiger partial charge in [-0.05, 0) is 55.9 Å². The summed E-state index contributed by atoms with van der Waals surface area (Å²) >= 11 is 7.86. The molecule has 2 aromatic heterocycles. The zero-order chi connectivity index (χ0) is 31.0. The molecule has 4 heterocycles. The average molecular weight is 631 g/mol. The van der Waals surface area contributed by atoms with Gasteiger partial charge in [-0.15, -0.1) is 0 Å². The normalized spacial score (nSPS) is 15.3. The van der Waals surface area contributed by atoms with Gasteiger partial charge in [-0.2, -0.15) is 0 Å². The molecule has 2 aromatic carbocycles. The van der Waals surface area contributed by atoms with E-state index < -0.39 is 6.04 Å². The Morgan fingerprint density at radius 1 is 1.11 bits per heavy atom. The molecule has 0 radical (unpaired) electrons. The molecule has 11 nitrogen and oxygen atoms in total. The maximum atomic E-state index is 13.9. The Bertz CT molecular complexity index is 1880. The van der Waals surface area contributed by atoms with Gasteiger partial charge in [-0.25, -0.2) is 15.0 Å². The van der Waals surface area contributed by atoms with E-state index in [4.69, 9.17) is 31.3 Å². The standard InChI is InChI=1S/C31H31ClN8O3S/c1-18(27-35-23-9-5-8-22(32)24(23)30(42)40(27)20-7-6-14-33-15-20)34-26-25-28(37-31(36-26)44-4)39(17-38(2)29(25)41)16-19-10-12-21(43-3)13-11-19/h5,8-15,18H,6-7,16-17H2,1-4H3,(H,34,36,37). The Hall–Kier alpha value is -4.42. The summed E-state index contributed by atoms with van der Waals surface area (Å²) in [5, 5.41) is 4.61. The van der Waals surface area contributed by atoms with Gasteiger partial charge in [0.1, 0.15) is 28.8 Å². The fourth-order valence-electron chi connectivity index (χ4n) is 5.41. The van der Waals surface area contributed by atoms with Crippen LogP contribution in [0.15, 0.2) is 63.6 Å². The highest BCUT2D eigenvalue weighted by molar-refractivity contribution is 7.98. The Balaban J connectivity index is 1.45. The second-order valence-corrected chi connectivity index (χ2v) is 11.7. The number of carbonyl (C=O) groups is 1. The van der Waals surface area contributed by atoms with Gasteiger partial charge in [0.05, 0.1) is 35.7 Å². The number of ether oxygens (including phenoxy) is 1. The minimum Gasteiger partial charge on any atom is -0.497 e. The quantitative estimate of drug-likeness (QED) is 0.200. The van der Waals surface area contributed by atoms with Crippen molar-refractivity contribution in [2.45, 2.75) is 37.5 Å². The first-order valence-corrected chi connectivity index (χ1v) is 15.7. The summed E-state index contributed by atoms with van der Waals surface area (Å²) in [5.41, 5.74) is 2.32. The molecule has 1 amide bonds. The monoisotopic (exact) mass is 630 g/mol. The van der Waals surface area contributed by atoms with Gasteiger partial charge >= 0.3 is 0 Å². The van der Waals surface area contributed by atoms with Crippen LogP contribution in [0, 0.1) is 0 Å². The molecule has 2 aliphatic heterocycles. The number of aliphatic imine (C=N–C) groups is 1. The predicted molar refractivity (Wildman–Crippen MR) is 175 cm³/mol. The number of benzene rings is 2. The van der Waals surface area contributed by atoms with E-state index in [1.165, 1.54) is 11.8 Å². The molecule has 0 bridgehead atoms. The van der Waals surface area contributed by atoms with Crippen LogP contribution in [0.5, 0.6) is 5.75 Å². The van der Waals surface area contributed by atoms with E-state index in [0.29, 0.717) is 75.9 Å². The summed E-state index contributed by atoms with van der Waals surface area (Å²) in [7, 11) is 3.39. The van der Waals surface area contributed by atoms with Crippen LogP contribution in [-0.4, -0.2) is 63.6 Å². The topological polar surface area (TPSA) is 118 Å². The Morgan fingerprint density at radius 3 is 2.61 bits per heavy atom. The van der Waals surface area contributed by atoms with Crippen LogP contribution in [0.25, 0.3) is 16.6 Å². The Kier molecular flexibility index (Phi) is 8.28. The van der Waals surface area contributed by atoms with Crippen molar-refractivity contribution in [1.29, 1.82) is 0 Å². The van der Waals surface area contributed by atoms with E-state index in [0.717, 1.165) is 11.3 Å². The van der Waals surface area contributed by atoms with Crippen LogP contribution in [0.3, 0.4) is 0 Å². The molecule has 0 aliphatic carbocycles. The number of anilines is 2. The van der Waals surface area contributed by atoms with E-state index >= 15 is 0 Å². The second-order valence-electron chi connectivity index (χ2n) is 10.5. The number of methoxy groups -OCH3 is 1. The van der Waals surface area contributed by atoms with Gasteiger partial charge in [0.15, 0.2) is 5.16 Å². The molecule has 1 N–H and O–H groups in total. The van der Waals surface area contributed by atoms with Crippen molar-refractivity contribution in [2.24, 2.45) is 4.99 Å². The lowest BCUT2D eigenvalue weighted by Gasteiger charge is -2.36. The number of halogens is 1. The number of allylic oxidation sites excluding steroid dienone is 1. The van der Waals surface area contributed by atoms with Crippen LogP contribution < -0.4 is 20.5 Å². The zero-order valence-corrected chi connectivity index (χ0v) is 26.3. The minimum absolute atomic E-state index is 0.201. The van der Waals surface area contributed by atoms with Crippen molar-refractivity contribution in [1.82, 2.24) is 24.4 Å². The lowest BCUT2D eigenvalue weighted by molar-refractivity contribution is 0.0780. The fraction of sp³-hybridized carbons (Fsp3) is 0.290. The fourth-order valence-corrected chi connectivity index (χ4v) is 6.02. The van der Waals surface area contributed by atoms with Crippen LogP contribution in [0.2, 0.25) is 5.02 Å². The smallest absolute Gasteiger partial charge is 0.267 e. The summed E-state index contributed by atoms with van der Waals surface area (Å²) in [4.78, 5) is 50.0. The highest BCUT2D eigenvalue weighted by Crippen LogP contribution is 2.35. The van der Waals surface area contributed by atoms with Crippen molar-refractivity contribution in [2.75, 3.05) is 37.3 Å². The molecule has 1 atom stereocenters. The summed E-state index contributed by atoms with van der Waals surface area (Å²) in [5.74, 6) is 1.93. The lowest BCUT2D eigenvalue weighted by atomic mass is 10.1. The van der Waals surface area contributed by atoms with Gasteiger partial charge in [0.2, 0.25) is 0 Å². The van der Waals surface area contributed by atoms with Crippen molar-refractivity contribution in [3.8, 4) is 5.75 Å². The number of carbonyl (C=O) groups excluding carboxylic acids is 1. The van der Waals surface area contributed by atoms with Gasteiger partial charge in [-0.3, -0.25) is 19.1 Å². The van der Waals surface area contributed by atoms with Crippen molar-refractivity contribution in [3.63, 3.8) is 0 Å². The van der Waals surface area contributed by atoms with Gasteiger partial charge < -0.3 is 19.9 Å². The minimum atomic E-state index is -0.540. The second kappa shape index (κ2) is 12.3. The van der Waals surface area contributed by atoms with Crippen molar-refractivity contribution >= 4 is 63.7 Å². The van der Waals surface area contributed by atoms with Crippen molar-refractivity contribution < 1.29 is 9.53 Å². The largest absolute Gasteiger partial charge is 0.497 e. The SMILES string of the molecule is COc1ccc(CN2CN(C)C(=O)c3c(NC(C)c4nc5cccc(Cl)c5c(=O)n4C4=CN=CCC4)nc(SC)nc32)cc1. The molecule has 2 aliphatic rings. The van der Waals surface area contributed by atoms with Crippen LogP contribution in [-0.2, 0) is 6.54 Å². The molecule has 1 unspecified atom stereocenters. The van der Waals surface area contributed by atoms with Gasteiger partial charge in [0, 0.05) is 31.7 Å². The van der Waals surface area contributed by atoms with E-state index in [1.807, 2.05) is 48.6 Å². The number of hydrogen-bond acceptors (Lipinski definition) is 10. The molecule has 13 heteroatoms. The van der Waals surface area contributed by atoms with E-state index in [9.17, 15) is 9.59 Å². The Morgan fingerprint density at radius 2 is 1.91 bits per heavy atom. The summed E-state index contributed by atoms with van der Waals surface area (Å²) in [6, 6.07) is 12.5. The number of fused-ring (bicyclic) bond motifs is 2. The number of nitrogens with zero attached hydrogens (tertiary/aromatic N) is 7. The third kappa shape index (κ3) is 5.50. The van der Waals surface area contributed by atoms with E-state index in [-0.39, 0.29) is 11.5 Å². The number of nitrogens with one attached hydrogen (secondary N) is 1. The maximum absolute atomic E-state index is 13.9. The van der Waals surface area contributed by atoms with E-state index in [2.05, 4.69) is 10.3 Å². The van der Waals surface area contributed by atoms with Gasteiger partial charge in [0.25, 0.3) is 11.5 Å². The molecule has 0 saturated carbocycles. The third-order valence-corrected chi connectivity index (χ3v) is 8.45. The number of thioether (sulfide) groups is 1. The number of hydrogen-bond donors (Lipinski definition) is 1. The van der Waals surface area contributed by atoms with Crippen LogP contribution in [0.4, 0.5) is 11.6 Å². The van der Waals surface area contributed by atoms with Crippen LogP contribution >= 0.6 is 23.4 Å². The first-order valence-electron chi connectivity index (χ1n) is 14.1.